The van der Waals surface area contributed by atoms with Gasteiger partial charge in [-0.05, 0) is 32.4 Å². The summed E-state index contributed by atoms with van der Waals surface area (Å²) in [4.78, 5) is 4.38. The van der Waals surface area contributed by atoms with Gasteiger partial charge in [0.15, 0.2) is 0 Å². The number of aliphatic imine (C=N–C) groups is 1. The van der Waals surface area contributed by atoms with Gasteiger partial charge in [-0.2, -0.15) is 0 Å². The molecule has 2 N–H and O–H groups in total. The van der Waals surface area contributed by atoms with Crippen LogP contribution in [0.25, 0.3) is 0 Å². The lowest BCUT2D eigenvalue weighted by atomic mass is 10.1. The van der Waals surface area contributed by atoms with Gasteiger partial charge in [-0.25, -0.2) is 0 Å². The van der Waals surface area contributed by atoms with Crippen molar-refractivity contribution in [2.75, 3.05) is 0 Å². The van der Waals surface area contributed by atoms with E-state index in [1.807, 2.05) is 45.0 Å². The van der Waals surface area contributed by atoms with Gasteiger partial charge in [0, 0.05) is 11.4 Å². The molecule has 0 bridgehead atoms. The third-order valence-electron chi connectivity index (χ3n) is 1.81. The highest BCUT2D eigenvalue weighted by molar-refractivity contribution is 6.31. The second-order valence-corrected chi connectivity index (χ2v) is 4.95. The number of hydrogen-bond acceptors (Lipinski definition) is 1. The molecule has 0 heterocycles. The van der Waals surface area contributed by atoms with Gasteiger partial charge in [-0.3, -0.25) is 4.99 Å². The fourth-order valence-electron chi connectivity index (χ4n) is 1.31. The number of amidine groups is 1. The number of benzene rings is 1. The van der Waals surface area contributed by atoms with Crippen molar-refractivity contribution in [2.24, 2.45) is 10.7 Å². The molecule has 15 heavy (non-hydrogen) atoms. The predicted molar refractivity (Wildman–Crippen MR) is 66.5 cm³/mol. The molecule has 82 valence electrons. The Morgan fingerprint density at radius 1 is 1.33 bits per heavy atom. The highest BCUT2D eigenvalue weighted by Gasteiger charge is 2.09. The molecule has 0 atom stereocenters. The van der Waals surface area contributed by atoms with Crippen LogP contribution < -0.4 is 5.73 Å². The van der Waals surface area contributed by atoms with Crippen molar-refractivity contribution >= 4 is 17.4 Å². The van der Waals surface area contributed by atoms with Gasteiger partial charge in [0.2, 0.25) is 0 Å². The van der Waals surface area contributed by atoms with E-state index in [1.165, 1.54) is 0 Å². The van der Waals surface area contributed by atoms with Crippen molar-refractivity contribution in [3.05, 3.63) is 34.9 Å². The van der Waals surface area contributed by atoms with Crippen LogP contribution in [0.3, 0.4) is 0 Å². The summed E-state index contributed by atoms with van der Waals surface area (Å²) in [5.74, 6) is 0.621. The van der Waals surface area contributed by atoms with Gasteiger partial charge in [-0.15, -0.1) is 0 Å². The Balaban J connectivity index is 2.79. The molecule has 1 aromatic carbocycles. The van der Waals surface area contributed by atoms with E-state index in [9.17, 15) is 0 Å². The Morgan fingerprint density at radius 3 is 2.47 bits per heavy atom. The number of nitrogens with two attached hydrogens (primary N) is 1. The van der Waals surface area contributed by atoms with E-state index in [1.54, 1.807) is 0 Å². The lowest BCUT2D eigenvalue weighted by Gasteiger charge is -2.14. The lowest BCUT2D eigenvalue weighted by Crippen LogP contribution is -2.22. The van der Waals surface area contributed by atoms with Crippen LogP contribution in [0.5, 0.6) is 0 Å². The maximum atomic E-state index is 6.03. The van der Waals surface area contributed by atoms with Crippen LogP contribution >= 0.6 is 11.6 Å². The fourth-order valence-corrected chi connectivity index (χ4v) is 1.51. The Hall–Kier alpha value is -1.02. The van der Waals surface area contributed by atoms with Gasteiger partial charge in [-0.1, -0.05) is 29.8 Å². The average molecular weight is 225 g/mol. The van der Waals surface area contributed by atoms with Crippen LogP contribution in [0.4, 0.5) is 0 Å². The molecular formula is C12H17ClN2. The second kappa shape index (κ2) is 4.67. The summed E-state index contributed by atoms with van der Waals surface area (Å²) >= 11 is 6.03. The van der Waals surface area contributed by atoms with Gasteiger partial charge in [0.25, 0.3) is 0 Å². The molecule has 0 radical (unpaired) electrons. The first kappa shape index (κ1) is 12.1. The van der Waals surface area contributed by atoms with Gasteiger partial charge in [0.1, 0.15) is 0 Å². The van der Waals surface area contributed by atoms with Crippen LogP contribution in [-0.4, -0.2) is 11.4 Å². The third kappa shape index (κ3) is 4.34. The minimum Gasteiger partial charge on any atom is -0.387 e. The van der Waals surface area contributed by atoms with E-state index >= 15 is 0 Å². The number of hydrogen-bond donors (Lipinski definition) is 1. The minimum atomic E-state index is -0.134. The summed E-state index contributed by atoms with van der Waals surface area (Å²) in [5, 5.41) is 0.740. The highest BCUT2D eigenvalue weighted by Crippen LogP contribution is 2.16. The summed E-state index contributed by atoms with van der Waals surface area (Å²) in [6.45, 7) is 6.06. The van der Waals surface area contributed by atoms with E-state index in [2.05, 4.69) is 4.99 Å². The SMILES string of the molecule is CC(C)(C)N=C(N)Cc1ccccc1Cl. The first-order valence-corrected chi connectivity index (χ1v) is 5.34. The smallest absolute Gasteiger partial charge is 0.0988 e. The molecule has 0 aliphatic rings. The van der Waals surface area contributed by atoms with Gasteiger partial charge >= 0.3 is 0 Å². The van der Waals surface area contributed by atoms with Crippen molar-refractivity contribution in [1.29, 1.82) is 0 Å². The zero-order valence-corrected chi connectivity index (χ0v) is 10.2. The predicted octanol–water partition coefficient (Wildman–Crippen LogP) is 3.04. The van der Waals surface area contributed by atoms with Crippen molar-refractivity contribution in [1.82, 2.24) is 0 Å². The topological polar surface area (TPSA) is 38.4 Å². The summed E-state index contributed by atoms with van der Waals surface area (Å²) in [6.07, 6.45) is 0.608. The minimum absolute atomic E-state index is 0.134. The largest absolute Gasteiger partial charge is 0.387 e. The maximum absolute atomic E-state index is 6.03. The maximum Gasteiger partial charge on any atom is 0.0988 e. The Labute approximate surface area is 96.2 Å². The molecule has 0 saturated heterocycles. The number of rotatable bonds is 2. The summed E-state index contributed by atoms with van der Waals surface area (Å²) in [7, 11) is 0. The average Bonchev–Trinajstić information content (AvgIpc) is 2.05. The molecule has 0 unspecified atom stereocenters. The zero-order valence-electron chi connectivity index (χ0n) is 9.42. The molecule has 0 aromatic heterocycles. The van der Waals surface area contributed by atoms with E-state index < -0.39 is 0 Å². The molecule has 0 aliphatic carbocycles. The monoisotopic (exact) mass is 224 g/mol. The van der Waals surface area contributed by atoms with E-state index in [0.717, 1.165) is 10.6 Å². The van der Waals surface area contributed by atoms with Crippen LogP contribution in [0.15, 0.2) is 29.3 Å². The molecule has 1 aromatic rings. The molecule has 0 fully saturated rings. The number of halogens is 1. The van der Waals surface area contributed by atoms with Crippen molar-refractivity contribution in [3.8, 4) is 0 Å². The zero-order chi connectivity index (χ0) is 11.5. The Morgan fingerprint density at radius 2 is 1.93 bits per heavy atom. The third-order valence-corrected chi connectivity index (χ3v) is 2.18. The lowest BCUT2D eigenvalue weighted by molar-refractivity contribution is 0.581. The first-order chi connectivity index (χ1) is 6.88. The fraction of sp³-hybridized carbons (Fsp3) is 0.417. The molecule has 2 nitrogen and oxygen atoms in total. The van der Waals surface area contributed by atoms with Crippen LogP contribution in [0, 0.1) is 0 Å². The van der Waals surface area contributed by atoms with Gasteiger partial charge in [0.05, 0.1) is 11.4 Å². The Kier molecular flexibility index (Phi) is 3.75. The summed E-state index contributed by atoms with van der Waals surface area (Å²) in [5.41, 5.74) is 6.74. The molecule has 0 saturated carbocycles. The second-order valence-electron chi connectivity index (χ2n) is 4.54. The van der Waals surface area contributed by atoms with Crippen LogP contribution in [-0.2, 0) is 6.42 Å². The Bertz CT molecular complexity index is 364. The van der Waals surface area contributed by atoms with Crippen LogP contribution in [0.2, 0.25) is 5.02 Å². The van der Waals surface area contributed by atoms with E-state index in [4.69, 9.17) is 17.3 Å². The molecule has 3 heteroatoms. The quantitative estimate of drug-likeness (QED) is 0.609. The summed E-state index contributed by atoms with van der Waals surface area (Å²) in [6, 6.07) is 7.68. The van der Waals surface area contributed by atoms with Crippen molar-refractivity contribution in [2.45, 2.75) is 32.7 Å². The molecule has 0 spiro atoms. The van der Waals surface area contributed by atoms with E-state index in [-0.39, 0.29) is 5.54 Å². The molecular weight excluding hydrogens is 208 g/mol. The number of nitrogens with zero attached hydrogens (tertiary/aromatic N) is 1. The van der Waals surface area contributed by atoms with E-state index in [0.29, 0.717) is 12.3 Å². The normalized spacial score (nSPS) is 12.9. The van der Waals surface area contributed by atoms with Crippen molar-refractivity contribution in [3.63, 3.8) is 0 Å². The molecule has 0 aliphatic heterocycles. The van der Waals surface area contributed by atoms with Crippen LogP contribution in [0.1, 0.15) is 26.3 Å². The summed E-state index contributed by atoms with van der Waals surface area (Å²) < 4.78 is 0. The molecule has 1 rings (SSSR count). The molecule has 0 amide bonds. The standard InChI is InChI=1S/C12H17ClN2/c1-12(2,3)15-11(14)8-9-6-4-5-7-10(9)13/h4-7H,8H2,1-3H3,(H2,14,15). The first-order valence-electron chi connectivity index (χ1n) is 4.96. The highest BCUT2D eigenvalue weighted by atomic mass is 35.5. The van der Waals surface area contributed by atoms with Crippen molar-refractivity contribution < 1.29 is 0 Å². The van der Waals surface area contributed by atoms with Gasteiger partial charge < -0.3 is 5.73 Å².